The van der Waals surface area contributed by atoms with Crippen LogP contribution in [0.2, 0.25) is 0 Å². The Labute approximate surface area is 166 Å². The average molecular weight is 385 g/mol. The molecule has 1 aliphatic heterocycles. The highest BCUT2D eigenvalue weighted by molar-refractivity contribution is 5.83. The molecule has 0 bridgehead atoms. The fourth-order valence-electron chi connectivity index (χ4n) is 3.47. The second-order valence-electron chi connectivity index (χ2n) is 8.35. The summed E-state index contributed by atoms with van der Waals surface area (Å²) in [5, 5.41) is 0. The zero-order chi connectivity index (χ0) is 20.1. The Morgan fingerprint density at radius 2 is 1.93 bits per heavy atom. The van der Waals surface area contributed by atoms with E-state index >= 15 is 0 Å². The molecule has 1 aromatic heterocycles. The van der Waals surface area contributed by atoms with Crippen LogP contribution < -0.4 is 4.74 Å². The first-order valence-corrected chi connectivity index (χ1v) is 9.78. The lowest BCUT2D eigenvalue weighted by Gasteiger charge is -2.32. The number of carbonyl (C=O) groups is 1. The van der Waals surface area contributed by atoms with Crippen LogP contribution in [0.3, 0.4) is 0 Å². The summed E-state index contributed by atoms with van der Waals surface area (Å²) in [7, 11) is 0. The Morgan fingerprint density at radius 3 is 2.61 bits per heavy atom. The van der Waals surface area contributed by atoms with Gasteiger partial charge in [-0.25, -0.2) is 14.4 Å². The molecule has 0 atom stereocenters. The molecule has 0 amide bonds. The highest BCUT2D eigenvalue weighted by Crippen LogP contribution is 2.25. The number of ether oxygens (including phenoxy) is 1. The van der Waals surface area contributed by atoms with Crippen molar-refractivity contribution < 1.29 is 13.9 Å². The average Bonchev–Trinajstić information content (AvgIpc) is 2.64. The predicted molar refractivity (Wildman–Crippen MR) is 106 cm³/mol. The lowest BCUT2D eigenvalue weighted by Crippen LogP contribution is -2.36. The molecular weight excluding hydrogens is 357 g/mol. The first-order chi connectivity index (χ1) is 13.3. The summed E-state index contributed by atoms with van der Waals surface area (Å²) < 4.78 is 19.7. The number of piperidine rings is 1. The van der Waals surface area contributed by atoms with Crippen LogP contribution in [0.5, 0.6) is 5.88 Å². The van der Waals surface area contributed by atoms with Gasteiger partial charge in [0.15, 0.2) is 0 Å². The van der Waals surface area contributed by atoms with Crippen LogP contribution in [0.4, 0.5) is 4.39 Å². The zero-order valence-electron chi connectivity index (χ0n) is 16.8. The van der Waals surface area contributed by atoms with Crippen molar-refractivity contribution in [1.82, 2.24) is 14.9 Å². The van der Waals surface area contributed by atoms with Gasteiger partial charge >= 0.3 is 0 Å². The maximum atomic E-state index is 13.8. The lowest BCUT2D eigenvalue weighted by molar-refractivity contribution is -0.123. The van der Waals surface area contributed by atoms with Gasteiger partial charge in [0, 0.05) is 30.6 Å². The quantitative estimate of drug-likeness (QED) is 0.757. The molecule has 0 aliphatic carbocycles. The van der Waals surface area contributed by atoms with E-state index in [1.54, 1.807) is 24.4 Å². The van der Waals surface area contributed by atoms with Crippen LogP contribution in [0.15, 0.2) is 36.8 Å². The second-order valence-corrected chi connectivity index (χ2v) is 8.35. The van der Waals surface area contributed by atoms with Crippen molar-refractivity contribution in [3.8, 4) is 5.88 Å². The number of halogens is 1. The Hall–Kier alpha value is -2.34. The fraction of sp³-hybridized carbons (Fsp3) is 0.500. The summed E-state index contributed by atoms with van der Waals surface area (Å²) in [5.41, 5.74) is 1.11. The van der Waals surface area contributed by atoms with E-state index in [0.29, 0.717) is 18.0 Å². The van der Waals surface area contributed by atoms with Gasteiger partial charge in [0.2, 0.25) is 5.88 Å². The van der Waals surface area contributed by atoms with Crippen LogP contribution in [0.25, 0.3) is 0 Å². The number of hydrogen-bond donors (Lipinski definition) is 0. The molecule has 0 radical (unpaired) electrons. The van der Waals surface area contributed by atoms with Gasteiger partial charge < -0.3 is 4.74 Å². The van der Waals surface area contributed by atoms with Gasteiger partial charge in [-0.3, -0.25) is 9.69 Å². The van der Waals surface area contributed by atoms with Gasteiger partial charge in [0.05, 0.1) is 0 Å². The number of carbonyl (C=O) groups excluding carboxylic acids is 1. The van der Waals surface area contributed by atoms with Crippen LogP contribution in [-0.4, -0.2) is 39.3 Å². The summed E-state index contributed by atoms with van der Waals surface area (Å²) in [4.78, 5) is 23.3. The van der Waals surface area contributed by atoms with Crippen LogP contribution in [-0.2, 0) is 17.8 Å². The molecule has 6 heteroatoms. The molecule has 5 nitrogen and oxygen atoms in total. The molecule has 0 N–H and O–H groups in total. The SMILES string of the molecule is CC(C)(C)Oc1ncncc1CN1CCC(C(=O)Cc2ccccc2F)CC1. The Morgan fingerprint density at radius 1 is 1.21 bits per heavy atom. The molecule has 150 valence electrons. The van der Waals surface area contributed by atoms with E-state index in [9.17, 15) is 9.18 Å². The van der Waals surface area contributed by atoms with Gasteiger partial charge in [-0.15, -0.1) is 0 Å². The molecule has 3 rings (SSSR count). The highest BCUT2D eigenvalue weighted by atomic mass is 19.1. The van der Waals surface area contributed by atoms with E-state index in [0.717, 1.165) is 31.5 Å². The summed E-state index contributed by atoms with van der Waals surface area (Å²) in [6.45, 7) is 8.30. The topological polar surface area (TPSA) is 55.3 Å². The van der Waals surface area contributed by atoms with Crippen molar-refractivity contribution >= 4 is 5.78 Å². The third kappa shape index (κ3) is 5.58. The van der Waals surface area contributed by atoms with E-state index in [2.05, 4.69) is 14.9 Å². The Bertz CT molecular complexity index is 811. The number of Topliss-reactive ketones (excluding diaryl/α,β-unsaturated/α-hetero) is 1. The number of aromatic nitrogens is 2. The molecule has 1 aliphatic rings. The molecule has 0 saturated carbocycles. The van der Waals surface area contributed by atoms with E-state index in [4.69, 9.17) is 4.74 Å². The fourth-order valence-corrected chi connectivity index (χ4v) is 3.47. The molecular formula is C22H28FN3O2. The smallest absolute Gasteiger partial charge is 0.221 e. The van der Waals surface area contributed by atoms with Gasteiger partial charge in [-0.05, 0) is 58.3 Å². The zero-order valence-corrected chi connectivity index (χ0v) is 16.8. The maximum Gasteiger partial charge on any atom is 0.221 e. The molecule has 28 heavy (non-hydrogen) atoms. The Kier molecular flexibility index (Phi) is 6.39. The van der Waals surface area contributed by atoms with Crippen molar-refractivity contribution in [3.05, 3.63) is 53.7 Å². The molecule has 2 aromatic rings. The standard InChI is InChI=1S/C22H28FN3O2/c1-22(2,3)28-21-18(13-24-15-25-21)14-26-10-8-16(9-11-26)20(27)12-17-6-4-5-7-19(17)23/h4-7,13,15-16H,8-12,14H2,1-3H3. The van der Waals surface area contributed by atoms with Gasteiger partial charge in [-0.2, -0.15) is 0 Å². The predicted octanol–water partition coefficient (Wildman–Crippen LogP) is 3.82. The normalized spacial score (nSPS) is 16.1. The summed E-state index contributed by atoms with van der Waals surface area (Å²) in [6, 6.07) is 6.51. The highest BCUT2D eigenvalue weighted by Gasteiger charge is 2.26. The summed E-state index contributed by atoms with van der Waals surface area (Å²) in [6.07, 6.45) is 5.04. The van der Waals surface area contributed by atoms with E-state index in [1.165, 1.54) is 12.4 Å². The Balaban J connectivity index is 1.55. The first-order valence-electron chi connectivity index (χ1n) is 9.78. The number of rotatable bonds is 6. The number of likely N-dealkylation sites (tertiary alicyclic amines) is 1. The third-order valence-corrected chi connectivity index (χ3v) is 4.91. The van der Waals surface area contributed by atoms with E-state index in [-0.39, 0.29) is 29.5 Å². The summed E-state index contributed by atoms with van der Waals surface area (Å²) >= 11 is 0. The number of hydrogen-bond acceptors (Lipinski definition) is 5. The minimum Gasteiger partial charge on any atom is -0.472 e. The lowest BCUT2D eigenvalue weighted by atomic mass is 9.89. The van der Waals surface area contributed by atoms with Crippen molar-refractivity contribution in [2.24, 2.45) is 5.92 Å². The van der Waals surface area contributed by atoms with Crippen LogP contribution in [0.1, 0.15) is 44.7 Å². The first kappa shape index (κ1) is 20.4. The molecule has 1 fully saturated rings. The molecule has 1 saturated heterocycles. The van der Waals surface area contributed by atoms with Gasteiger partial charge in [0.1, 0.15) is 23.5 Å². The van der Waals surface area contributed by atoms with Crippen molar-refractivity contribution in [2.45, 2.75) is 52.2 Å². The van der Waals surface area contributed by atoms with Crippen LogP contribution >= 0.6 is 0 Å². The largest absolute Gasteiger partial charge is 0.472 e. The molecule has 2 heterocycles. The van der Waals surface area contributed by atoms with E-state index in [1.807, 2.05) is 20.8 Å². The monoisotopic (exact) mass is 385 g/mol. The molecule has 1 aromatic carbocycles. The van der Waals surface area contributed by atoms with Gasteiger partial charge in [0.25, 0.3) is 0 Å². The second kappa shape index (κ2) is 8.78. The molecule has 0 spiro atoms. The number of nitrogens with zero attached hydrogens (tertiary/aromatic N) is 3. The van der Waals surface area contributed by atoms with Gasteiger partial charge in [-0.1, -0.05) is 18.2 Å². The van der Waals surface area contributed by atoms with Crippen molar-refractivity contribution in [2.75, 3.05) is 13.1 Å². The van der Waals surface area contributed by atoms with Crippen molar-refractivity contribution in [1.29, 1.82) is 0 Å². The van der Waals surface area contributed by atoms with Crippen LogP contribution in [0, 0.1) is 11.7 Å². The maximum absolute atomic E-state index is 13.8. The van der Waals surface area contributed by atoms with E-state index < -0.39 is 0 Å². The molecule has 0 unspecified atom stereocenters. The number of benzene rings is 1. The number of ketones is 1. The minimum atomic E-state index is -0.324. The summed E-state index contributed by atoms with van der Waals surface area (Å²) in [5.74, 6) is 0.432. The third-order valence-electron chi connectivity index (χ3n) is 4.91. The minimum absolute atomic E-state index is 0.00632. The van der Waals surface area contributed by atoms with Crippen molar-refractivity contribution in [3.63, 3.8) is 0 Å².